The molecule has 0 unspecified atom stereocenters. The molecule has 0 saturated carbocycles. The van der Waals surface area contributed by atoms with Gasteiger partial charge >= 0.3 is 0 Å². The third-order valence-corrected chi connectivity index (χ3v) is 5.54. The molecule has 160 valence electrons. The van der Waals surface area contributed by atoms with Gasteiger partial charge in [0.15, 0.2) is 6.61 Å². The quantitative estimate of drug-likeness (QED) is 0.255. The van der Waals surface area contributed by atoms with E-state index in [4.69, 9.17) is 9.47 Å². The number of hydrogen-bond acceptors (Lipinski definition) is 4. The summed E-state index contributed by atoms with van der Waals surface area (Å²) in [5.41, 5.74) is 4.43. The first kappa shape index (κ1) is 21.6. The monoisotopic (exact) mass is 488 g/mol. The average molecular weight is 489 g/mol. The van der Waals surface area contributed by atoms with Crippen LogP contribution in [0.4, 0.5) is 0 Å². The lowest BCUT2D eigenvalue weighted by Crippen LogP contribution is -2.24. The van der Waals surface area contributed by atoms with Crippen LogP contribution in [0.25, 0.3) is 10.8 Å². The zero-order valence-electron chi connectivity index (χ0n) is 17.2. The predicted molar refractivity (Wildman–Crippen MR) is 130 cm³/mol. The SMILES string of the molecule is O=C(COc1ccc2ccccc2c1Br)NN=Cc1ccc(OCc2ccccc2)cc1. The van der Waals surface area contributed by atoms with Crippen LogP contribution in [0, 0.1) is 0 Å². The zero-order chi connectivity index (χ0) is 22.2. The van der Waals surface area contributed by atoms with Gasteiger partial charge < -0.3 is 9.47 Å². The van der Waals surface area contributed by atoms with Gasteiger partial charge in [-0.3, -0.25) is 4.79 Å². The number of ether oxygens (including phenoxy) is 2. The molecule has 5 nitrogen and oxygen atoms in total. The molecule has 4 aromatic rings. The molecule has 0 bridgehead atoms. The molecule has 0 aliphatic rings. The van der Waals surface area contributed by atoms with Crippen molar-refractivity contribution in [3.05, 3.63) is 107 Å². The van der Waals surface area contributed by atoms with Crippen molar-refractivity contribution in [1.29, 1.82) is 0 Å². The van der Waals surface area contributed by atoms with E-state index in [1.807, 2.05) is 91.0 Å². The van der Waals surface area contributed by atoms with Gasteiger partial charge in [-0.05, 0) is 68.2 Å². The summed E-state index contributed by atoms with van der Waals surface area (Å²) in [6, 6.07) is 29.2. The van der Waals surface area contributed by atoms with Crippen molar-refractivity contribution in [2.75, 3.05) is 6.61 Å². The van der Waals surface area contributed by atoms with Crippen molar-refractivity contribution in [3.63, 3.8) is 0 Å². The first-order chi connectivity index (χ1) is 15.7. The molecule has 32 heavy (non-hydrogen) atoms. The fourth-order valence-electron chi connectivity index (χ4n) is 3.07. The molecule has 0 aliphatic heterocycles. The zero-order valence-corrected chi connectivity index (χ0v) is 18.8. The average Bonchev–Trinajstić information content (AvgIpc) is 2.84. The summed E-state index contributed by atoms with van der Waals surface area (Å²) in [5, 5.41) is 6.11. The third kappa shape index (κ3) is 5.74. The van der Waals surface area contributed by atoms with E-state index in [2.05, 4.69) is 26.5 Å². The van der Waals surface area contributed by atoms with Gasteiger partial charge in [-0.2, -0.15) is 5.10 Å². The fraction of sp³-hybridized carbons (Fsp3) is 0.0769. The van der Waals surface area contributed by atoms with E-state index in [-0.39, 0.29) is 12.5 Å². The Morgan fingerprint density at radius 1 is 0.875 bits per heavy atom. The van der Waals surface area contributed by atoms with E-state index in [1.54, 1.807) is 6.21 Å². The lowest BCUT2D eigenvalue weighted by Gasteiger charge is -2.09. The van der Waals surface area contributed by atoms with Gasteiger partial charge in [0.2, 0.25) is 0 Å². The Morgan fingerprint density at radius 3 is 2.44 bits per heavy atom. The lowest BCUT2D eigenvalue weighted by atomic mass is 10.1. The molecule has 1 amide bonds. The summed E-state index contributed by atoms with van der Waals surface area (Å²) in [4.78, 5) is 12.1. The van der Waals surface area contributed by atoms with E-state index >= 15 is 0 Å². The summed E-state index contributed by atoms with van der Waals surface area (Å²) < 4.78 is 12.2. The van der Waals surface area contributed by atoms with Gasteiger partial charge in [0.05, 0.1) is 10.7 Å². The van der Waals surface area contributed by atoms with Crippen LogP contribution in [-0.2, 0) is 11.4 Å². The summed E-state index contributed by atoms with van der Waals surface area (Å²) in [6.07, 6.45) is 1.57. The minimum Gasteiger partial charge on any atom is -0.489 e. The van der Waals surface area contributed by atoms with Crippen LogP contribution in [0.1, 0.15) is 11.1 Å². The number of fused-ring (bicyclic) bond motifs is 1. The van der Waals surface area contributed by atoms with E-state index in [0.717, 1.165) is 32.1 Å². The van der Waals surface area contributed by atoms with Crippen molar-refractivity contribution in [1.82, 2.24) is 5.43 Å². The van der Waals surface area contributed by atoms with Crippen LogP contribution in [-0.4, -0.2) is 18.7 Å². The van der Waals surface area contributed by atoms with Crippen molar-refractivity contribution in [2.45, 2.75) is 6.61 Å². The second-order valence-electron chi connectivity index (χ2n) is 7.02. The van der Waals surface area contributed by atoms with Gasteiger partial charge in [-0.25, -0.2) is 5.43 Å². The first-order valence-electron chi connectivity index (χ1n) is 10.1. The summed E-state index contributed by atoms with van der Waals surface area (Å²) in [5.74, 6) is 1.03. The number of amides is 1. The van der Waals surface area contributed by atoms with Crippen LogP contribution in [0.2, 0.25) is 0 Å². The van der Waals surface area contributed by atoms with Gasteiger partial charge in [-0.1, -0.05) is 60.7 Å². The van der Waals surface area contributed by atoms with Crippen LogP contribution >= 0.6 is 15.9 Å². The molecule has 0 atom stereocenters. The number of hydrogen-bond donors (Lipinski definition) is 1. The maximum atomic E-state index is 12.1. The molecular weight excluding hydrogens is 468 g/mol. The summed E-state index contributed by atoms with van der Waals surface area (Å²) >= 11 is 3.55. The first-order valence-corrected chi connectivity index (χ1v) is 10.9. The molecule has 0 fully saturated rings. The molecule has 0 aliphatic carbocycles. The molecular formula is C26H21BrN2O3. The third-order valence-electron chi connectivity index (χ3n) is 4.72. The van der Waals surface area contributed by atoms with E-state index in [1.165, 1.54) is 0 Å². The molecule has 0 radical (unpaired) electrons. The maximum absolute atomic E-state index is 12.1. The number of nitrogens with one attached hydrogen (secondary N) is 1. The number of hydrazone groups is 1. The fourth-order valence-corrected chi connectivity index (χ4v) is 3.68. The molecule has 0 spiro atoms. The summed E-state index contributed by atoms with van der Waals surface area (Å²) in [6.45, 7) is 0.373. The second-order valence-corrected chi connectivity index (χ2v) is 7.82. The highest BCUT2D eigenvalue weighted by Crippen LogP contribution is 2.32. The van der Waals surface area contributed by atoms with Gasteiger partial charge in [-0.15, -0.1) is 0 Å². The number of rotatable bonds is 8. The van der Waals surface area contributed by atoms with Gasteiger partial charge in [0.1, 0.15) is 18.1 Å². The van der Waals surface area contributed by atoms with Crippen LogP contribution in [0.15, 0.2) is 101 Å². The highest BCUT2D eigenvalue weighted by Gasteiger charge is 2.08. The predicted octanol–water partition coefficient (Wildman–Crippen LogP) is 5.71. The Bertz CT molecular complexity index is 1230. The molecule has 6 heteroatoms. The molecule has 0 saturated heterocycles. The van der Waals surface area contributed by atoms with E-state index in [0.29, 0.717) is 12.4 Å². The molecule has 1 N–H and O–H groups in total. The smallest absolute Gasteiger partial charge is 0.277 e. The Hall–Kier alpha value is -3.64. The van der Waals surface area contributed by atoms with Crippen molar-refractivity contribution < 1.29 is 14.3 Å². The standard InChI is InChI=1S/C26H21BrN2O3/c27-26-23-9-5-4-8-21(23)12-15-24(26)32-18-25(30)29-28-16-19-10-13-22(14-11-19)31-17-20-6-2-1-3-7-20/h1-16H,17-18H2,(H,29,30). The maximum Gasteiger partial charge on any atom is 0.277 e. The summed E-state index contributed by atoms with van der Waals surface area (Å²) in [7, 11) is 0. The highest BCUT2D eigenvalue weighted by atomic mass is 79.9. The Morgan fingerprint density at radius 2 is 1.62 bits per heavy atom. The number of halogens is 1. The van der Waals surface area contributed by atoms with Gasteiger partial charge in [0, 0.05) is 0 Å². The number of carbonyl (C=O) groups excluding carboxylic acids is 1. The van der Waals surface area contributed by atoms with Crippen molar-refractivity contribution in [3.8, 4) is 11.5 Å². The van der Waals surface area contributed by atoms with E-state index in [9.17, 15) is 4.79 Å². The Labute approximate surface area is 194 Å². The second kappa shape index (κ2) is 10.6. The van der Waals surface area contributed by atoms with Gasteiger partial charge in [0.25, 0.3) is 5.91 Å². The Kier molecular flexibility index (Phi) is 7.15. The number of carbonyl (C=O) groups is 1. The highest BCUT2D eigenvalue weighted by molar-refractivity contribution is 9.10. The molecule has 4 aromatic carbocycles. The Balaban J connectivity index is 1.25. The van der Waals surface area contributed by atoms with Crippen molar-refractivity contribution in [2.24, 2.45) is 5.10 Å². The molecule has 0 aromatic heterocycles. The normalized spacial score (nSPS) is 10.9. The van der Waals surface area contributed by atoms with E-state index < -0.39 is 0 Å². The number of benzene rings is 4. The number of nitrogens with zero attached hydrogens (tertiary/aromatic N) is 1. The lowest BCUT2D eigenvalue weighted by molar-refractivity contribution is -0.123. The van der Waals surface area contributed by atoms with Crippen LogP contribution in [0.5, 0.6) is 11.5 Å². The molecule has 0 heterocycles. The van der Waals surface area contributed by atoms with Crippen LogP contribution in [0.3, 0.4) is 0 Å². The van der Waals surface area contributed by atoms with Crippen molar-refractivity contribution >= 4 is 38.8 Å². The molecule has 4 rings (SSSR count). The minimum absolute atomic E-state index is 0.138. The minimum atomic E-state index is -0.343. The largest absolute Gasteiger partial charge is 0.489 e. The topological polar surface area (TPSA) is 59.9 Å². The van der Waals surface area contributed by atoms with Crippen LogP contribution < -0.4 is 14.9 Å².